The molecule has 330 valence electrons. The molecule has 62 heavy (non-hydrogen) atoms. The first-order chi connectivity index (χ1) is 29.3. The summed E-state index contributed by atoms with van der Waals surface area (Å²) in [5.41, 5.74) is 4.83. The number of methoxy groups -OCH3 is 3. The van der Waals surface area contributed by atoms with Gasteiger partial charge in [0, 0.05) is 28.3 Å². The first-order valence-electron chi connectivity index (χ1n) is 18.7. The van der Waals surface area contributed by atoms with Crippen molar-refractivity contribution in [3.8, 4) is 34.5 Å². The van der Waals surface area contributed by atoms with Crippen molar-refractivity contribution in [1.82, 2.24) is 0 Å². The SMILES string of the molecule is C=C(C)C=O.C=C(C)C=O.C=C(C)C=O.C=CC(=O)Oc1ccc(/C=C/c2cc(OC(=O)C(=C)C)c(/C=C/c3ccc(OC(=O)C(=C)C)c(OC)c3)cc2OC)cc1OC.CC. The van der Waals surface area contributed by atoms with Gasteiger partial charge in [0.05, 0.1) is 21.3 Å². The van der Waals surface area contributed by atoms with Crippen LogP contribution in [0.3, 0.4) is 0 Å². The average molecular weight is 851 g/mol. The van der Waals surface area contributed by atoms with Crippen molar-refractivity contribution in [3.05, 3.63) is 144 Å². The maximum absolute atomic E-state index is 12.5. The van der Waals surface area contributed by atoms with E-state index in [0.29, 0.717) is 45.1 Å². The molecule has 0 atom stereocenters. The van der Waals surface area contributed by atoms with Crippen molar-refractivity contribution in [2.45, 2.75) is 48.5 Å². The van der Waals surface area contributed by atoms with Crippen LogP contribution in [-0.2, 0) is 28.8 Å². The van der Waals surface area contributed by atoms with Gasteiger partial charge in [0.2, 0.25) is 0 Å². The molecule has 0 saturated carbocycles. The number of carbonyl (C=O) groups excluding carboxylic acids is 6. The quantitative estimate of drug-likeness (QED) is 0.0442. The second-order valence-electron chi connectivity index (χ2n) is 12.5. The van der Waals surface area contributed by atoms with Gasteiger partial charge in [-0.3, -0.25) is 14.4 Å². The Morgan fingerprint density at radius 1 is 0.468 bits per heavy atom. The Balaban J connectivity index is 0. The minimum atomic E-state index is -0.604. The molecule has 0 aromatic heterocycles. The van der Waals surface area contributed by atoms with E-state index in [2.05, 4.69) is 39.5 Å². The summed E-state index contributed by atoms with van der Waals surface area (Å²) >= 11 is 0. The van der Waals surface area contributed by atoms with Gasteiger partial charge < -0.3 is 28.4 Å². The Hall–Kier alpha value is -7.60. The van der Waals surface area contributed by atoms with E-state index in [1.54, 1.807) is 107 Å². The largest absolute Gasteiger partial charge is 0.496 e. The summed E-state index contributed by atoms with van der Waals surface area (Å²) in [7, 11) is 4.46. The van der Waals surface area contributed by atoms with Gasteiger partial charge in [-0.05, 0) is 98.9 Å². The van der Waals surface area contributed by atoms with Crippen LogP contribution in [0.1, 0.15) is 70.7 Å². The summed E-state index contributed by atoms with van der Waals surface area (Å²) < 4.78 is 32.6. The highest BCUT2D eigenvalue weighted by molar-refractivity contribution is 5.91. The van der Waals surface area contributed by atoms with Crippen LogP contribution in [0.4, 0.5) is 0 Å². The van der Waals surface area contributed by atoms with E-state index in [-0.39, 0.29) is 28.4 Å². The molecule has 0 amide bonds. The fraction of sp³-hybridized carbons (Fsp3) is 0.200. The molecule has 0 aliphatic carbocycles. The highest BCUT2D eigenvalue weighted by Crippen LogP contribution is 2.35. The monoisotopic (exact) mass is 850 g/mol. The van der Waals surface area contributed by atoms with E-state index < -0.39 is 17.9 Å². The maximum Gasteiger partial charge on any atom is 0.338 e. The fourth-order valence-corrected chi connectivity index (χ4v) is 3.76. The van der Waals surface area contributed by atoms with Crippen molar-refractivity contribution in [3.63, 3.8) is 0 Å². The van der Waals surface area contributed by atoms with E-state index in [0.717, 1.165) is 36.1 Å². The second-order valence-corrected chi connectivity index (χ2v) is 12.5. The van der Waals surface area contributed by atoms with Gasteiger partial charge in [0.25, 0.3) is 0 Å². The number of esters is 3. The van der Waals surface area contributed by atoms with E-state index in [1.807, 2.05) is 13.8 Å². The maximum atomic E-state index is 12.5. The molecule has 0 unspecified atom stereocenters. The number of aldehydes is 3. The molecule has 0 saturated heterocycles. The third-order valence-electron chi connectivity index (χ3n) is 6.73. The zero-order chi connectivity index (χ0) is 47.9. The molecule has 0 aliphatic heterocycles. The van der Waals surface area contributed by atoms with Crippen molar-refractivity contribution in [2.24, 2.45) is 0 Å². The van der Waals surface area contributed by atoms with Gasteiger partial charge in [0.1, 0.15) is 30.4 Å². The third-order valence-corrected chi connectivity index (χ3v) is 6.73. The zero-order valence-corrected chi connectivity index (χ0v) is 37.4. The summed E-state index contributed by atoms with van der Waals surface area (Å²) in [6, 6.07) is 13.5. The summed E-state index contributed by atoms with van der Waals surface area (Å²) in [4.78, 5) is 64.3. The van der Waals surface area contributed by atoms with Crippen molar-refractivity contribution in [2.75, 3.05) is 21.3 Å². The lowest BCUT2D eigenvalue weighted by Crippen LogP contribution is -2.09. The van der Waals surface area contributed by atoms with Crippen LogP contribution >= 0.6 is 0 Å². The predicted octanol–water partition coefficient (Wildman–Crippen LogP) is 10.4. The number of hydrogen-bond donors (Lipinski definition) is 0. The van der Waals surface area contributed by atoms with Gasteiger partial charge in [-0.2, -0.15) is 0 Å². The van der Waals surface area contributed by atoms with Crippen LogP contribution in [-0.4, -0.2) is 58.1 Å². The number of allylic oxidation sites excluding steroid dienone is 3. The molecule has 3 rings (SSSR count). The minimum Gasteiger partial charge on any atom is -0.496 e. The topological polar surface area (TPSA) is 158 Å². The summed E-state index contributed by atoms with van der Waals surface area (Å²) in [6.45, 7) is 32.7. The number of benzene rings is 3. The van der Waals surface area contributed by atoms with E-state index in [1.165, 1.54) is 21.3 Å². The van der Waals surface area contributed by atoms with Crippen LogP contribution in [0.15, 0.2) is 122 Å². The van der Waals surface area contributed by atoms with Gasteiger partial charge in [-0.25, -0.2) is 14.4 Å². The Morgan fingerprint density at radius 2 is 0.790 bits per heavy atom. The highest BCUT2D eigenvalue weighted by Gasteiger charge is 2.15. The van der Waals surface area contributed by atoms with Crippen LogP contribution in [0.2, 0.25) is 0 Å². The summed E-state index contributed by atoms with van der Waals surface area (Å²) in [5.74, 6) is 0.219. The van der Waals surface area contributed by atoms with E-state index in [9.17, 15) is 28.8 Å². The molecule has 0 spiro atoms. The molecule has 0 N–H and O–H groups in total. The molecular formula is C50H58O12. The first-order valence-corrected chi connectivity index (χ1v) is 18.7. The van der Waals surface area contributed by atoms with Gasteiger partial charge in [-0.15, -0.1) is 0 Å². The number of ether oxygens (including phenoxy) is 6. The van der Waals surface area contributed by atoms with Crippen molar-refractivity contribution in [1.29, 1.82) is 0 Å². The normalized spacial score (nSPS) is 9.45. The molecule has 12 heteroatoms. The standard InChI is InChI=1S/C36H34O9.3C4H6O.C2H6/c1-9-34(37)43-28-16-12-24(18-32(28)41-7)10-14-26-21-31(45-36(39)23(4)5)27(20-30(26)40-6)15-11-25-13-17-29(33(19-25)42-8)44-35(38)22(2)3;3*1-4(2)3-5;1-2/h9-21H,1-2,4H2,3,5-8H3;3*3H,1H2,2H3;1-2H3/b14-10+,15-11+;;;;. The average Bonchev–Trinajstić information content (AvgIpc) is 3.26. The van der Waals surface area contributed by atoms with Gasteiger partial charge >= 0.3 is 17.9 Å². The minimum absolute atomic E-state index is 0.229. The first kappa shape index (κ1) is 56.5. The smallest absolute Gasteiger partial charge is 0.338 e. The number of carbonyl (C=O) groups is 6. The summed E-state index contributed by atoms with van der Waals surface area (Å²) in [6.07, 6.45) is 10.3. The molecule has 12 nitrogen and oxygen atoms in total. The van der Waals surface area contributed by atoms with Gasteiger partial charge in [0.15, 0.2) is 23.0 Å². The lowest BCUT2D eigenvalue weighted by molar-refractivity contribution is -0.131. The molecule has 0 bridgehead atoms. The van der Waals surface area contributed by atoms with Crippen LogP contribution in [0.5, 0.6) is 34.5 Å². The molecule has 0 aliphatic rings. The lowest BCUT2D eigenvalue weighted by Gasteiger charge is -2.13. The van der Waals surface area contributed by atoms with Gasteiger partial charge in [-0.1, -0.05) is 89.8 Å². The Bertz CT molecular complexity index is 2120. The van der Waals surface area contributed by atoms with Crippen LogP contribution in [0, 0.1) is 0 Å². The Morgan fingerprint density at radius 3 is 1.11 bits per heavy atom. The Labute approximate surface area is 365 Å². The molecule has 0 radical (unpaired) electrons. The van der Waals surface area contributed by atoms with Crippen LogP contribution in [0.25, 0.3) is 24.3 Å². The predicted molar refractivity (Wildman–Crippen MR) is 248 cm³/mol. The molecular weight excluding hydrogens is 793 g/mol. The van der Waals surface area contributed by atoms with E-state index >= 15 is 0 Å². The third kappa shape index (κ3) is 22.5. The van der Waals surface area contributed by atoms with E-state index in [4.69, 9.17) is 28.4 Å². The highest BCUT2D eigenvalue weighted by atomic mass is 16.6. The Kier molecular flexibility index (Phi) is 28.6. The molecule has 0 heterocycles. The number of hydrogen-bond acceptors (Lipinski definition) is 12. The van der Waals surface area contributed by atoms with Crippen molar-refractivity contribution < 1.29 is 57.2 Å². The van der Waals surface area contributed by atoms with Crippen molar-refractivity contribution >= 4 is 61.1 Å². The van der Waals surface area contributed by atoms with Crippen LogP contribution < -0.4 is 28.4 Å². The summed E-state index contributed by atoms with van der Waals surface area (Å²) in [5, 5.41) is 0. The second kappa shape index (κ2) is 31.3. The molecule has 0 fully saturated rings. The fourth-order valence-electron chi connectivity index (χ4n) is 3.76. The molecule has 3 aromatic carbocycles. The molecule has 3 aromatic rings. The zero-order valence-electron chi connectivity index (χ0n) is 37.4. The number of rotatable bonds is 16. The lowest BCUT2D eigenvalue weighted by atomic mass is 10.0.